The maximum atomic E-state index is 12.6. The summed E-state index contributed by atoms with van der Waals surface area (Å²) in [6.07, 6.45) is -5.57. The van der Waals surface area contributed by atoms with Gasteiger partial charge in [-0.1, -0.05) is 23.7 Å². The molecule has 6 heteroatoms. The van der Waals surface area contributed by atoms with E-state index < -0.39 is 17.8 Å². The largest absolute Gasteiger partial charge is 0.416 e. The molecule has 0 fully saturated rings. The Morgan fingerprint density at radius 3 is 2.53 bits per heavy atom. The second kappa shape index (κ2) is 5.15. The molecule has 0 saturated carbocycles. The second-order valence-electron chi connectivity index (χ2n) is 4.12. The second-order valence-corrected chi connectivity index (χ2v) is 5.41. The topological polar surface area (TPSA) is 20.2 Å². The van der Waals surface area contributed by atoms with E-state index in [1.165, 1.54) is 23.5 Å². The SMILES string of the molecule is Cc1csc(C(O)c2cccc(C(F)(F)F)c2)c1Cl. The predicted octanol–water partition coefficient (Wildman–Crippen LogP) is 4.81. The zero-order valence-corrected chi connectivity index (χ0v) is 11.4. The Morgan fingerprint density at radius 2 is 2.00 bits per heavy atom. The van der Waals surface area contributed by atoms with Gasteiger partial charge in [0.15, 0.2) is 0 Å². The molecule has 1 aromatic heterocycles. The van der Waals surface area contributed by atoms with Crippen molar-refractivity contribution in [1.82, 2.24) is 0 Å². The van der Waals surface area contributed by atoms with E-state index in [1.54, 1.807) is 12.3 Å². The average Bonchev–Trinajstić information content (AvgIpc) is 2.68. The molecular formula is C13H10ClF3OS. The lowest BCUT2D eigenvalue weighted by atomic mass is 10.0. The maximum Gasteiger partial charge on any atom is 0.416 e. The van der Waals surface area contributed by atoms with E-state index in [1.807, 2.05) is 0 Å². The first-order valence-electron chi connectivity index (χ1n) is 5.39. The summed E-state index contributed by atoms with van der Waals surface area (Å²) in [5.41, 5.74) is 0.194. The third kappa shape index (κ3) is 2.94. The molecular weight excluding hydrogens is 297 g/mol. The van der Waals surface area contributed by atoms with Crippen molar-refractivity contribution in [3.8, 4) is 0 Å². The van der Waals surface area contributed by atoms with Crippen molar-refractivity contribution in [2.24, 2.45) is 0 Å². The van der Waals surface area contributed by atoms with E-state index >= 15 is 0 Å². The van der Waals surface area contributed by atoms with Crippen molar-refractivity contribution in [1.29, 1.82) is 0 Å². The molecule has 0 spiro atoms. The quantitative estimate of drug-likeness (QED) is 0.844. The van der Waals surface area contributed by atoms with Crippen LogP contribution in [0, 0.1) is 6.92 Å². The van der Waals surface area contributed by atoms with Gasteiger partial charge < -0.3 is 5.11 Å². The van der Waals surface area contributed by atoms with E-state index in [-0.39, 0.29) is 5.56 Å². The van der Waals surface area contributed by atoms with Crippen molar-refractivity contribution >= 4 is 22.9 Å². The average molecular weight is 307 g/mol. The summed E-state index contributed by atoms with van der Waals surface area (Å²) >= 11 is 7.24. The Labute approximate surface area is 117 Å². The normalized spacial score (nSPS) is 13.6. The maximum absolute atomic E-state index is 12.6. The van der Waals surface area contributed by atoms with Crippen LogP contribution >= 0.6 is 22.9 Å². The van der Waals surface area contributed by atoms with E-state index in [9.17, 15) is 18.3 Å². The van der Waals surface area contributed by atoms with Gasteiger partial charge in [0.25, 0.3) is 0 Å². The zero-order chi connectivity index (χ0) is 14.2. The van der Waals surface area contributed by atoms with Crippen molar-refractivity contribution in [3.63, 3.8) is 0 Å². The van der Waals surface area contributed by atoms with E-state index in [0.717, 1.165) is 17.7 Å². The number of aryl methyl sites for hydroxylation is 1. The van der Waals surface area contributed by atoms with Crippen LogP contribution in [-0.2, 0) is 6.18 Å². The summed E-state index contributed by atoms with van der Waals surface area (Å²) in [6.45, 7) is 1.78. The lowest BCUT2D eigenvalue weighted by Gasteiger charge is -2.13. The molecule has 0 bridgehead atoms. The first-order valence-corrected chi connectivity index (χ1v) is 6.65. The molecule has 1 nitrogen and oxygen atoms in total. The molecule has 1 N–H and O–H groups in total. The van der Waals surface area contributed by atoms with E-state index in [2.05, 4.69) is 0 Å². The lowest BCUT2D eigenvalue weighted by molar-refractivity contribution is -0.137. The molecule has 0 aliphatic carbocycles. The van der Waals surface area contributed by atoms with Crippen molar-refractivity contribution in [3.05, 3.63) is 56.2 Å². The number of aliphatic hydroxyl groups excluding tert-OH is 1. The fourth-order valence-corrected chi connectivity index (χ4v) is 2.98. The van der Waals surface area contributed by atoms with Crippen LogP contribution in [-0.4, -0.2) is 5.11 Å². The minimum Gasteiger partial charge on any atom is -0.383 e. The van der Waals surface area contributed by atoms with E-state index in [4.69, 9.17) is 11.6 Å². The van der Waals surface area contributed by atoms with Gasteiger partial charge in [-0.2, -0.15) is 13.2 Å². The summed E-state index contributed by atoms with van der Waals surface area (Å²) < 4.78 is 37.8. The smallest absolute Gasteiger partial charge is 0.383 e. The van der Waals surface area contributed by atoms with Gasteiger partial charge in [0, 0.05) is 0 Å². The fraction of sp³-hybridized carbons (Fsp3) is 0.231. The van der Waals surface area contributed by atoms with Crippen LogP contribution in [0.4, 0.5) is 13.2 Å². The van der Waals surface area contributed by atoms with Crippen LogP contribution in [0.2, 0.25) is 5.02 Å². The van der Waals surface area contributed by atoms with Crippen molar-refractivity contribution < 1.29 is 18.3 Å². The first kappa shape index (κ1) is 14.4. The summed E-state index contributed by atoms with van der Waals surface area (Å²) in [4.78, 5) is 0.457. The van der Waals surface area contributed by atoms with Crippen LogP contribution in [0.3, 0.4) is 0 Å². The number of halogens is 4. The third-order valence-electron chi connectivity index (χ3n) is 2.70. The number of hydrogen-bond donors (Lipinski definition) is 1. The molecule has 1 heterocycles. The molecule has 1 atom stereocenters. The Hall–Kier alpha value is -1.04. The number of benzene rings is 1. The van der Waals surface area contributed by atoms with Crippen molar-refractivity contribution in [2.75, 3.05) is 0 Å². The summed E-state index contributed by atoms with van der Waals surface area (Å²) in [7, 11) is 0. The minimum absolute atomic E-state index is 0.179. The zero-order valence-electron chi connectivity index (χ0n) is 9.83. The Balaban J connectivity index is 2.40. The highest BCUT2D eigenvalue weighted by atomic mass is 35.5. The number of rotatable bonds is 2. The lowest BCUT2D eigenvalue weighted by Crippen LogP contribution is -2.07. The van der Waals surface area contributed by atoms with Gasteiger partial charge in [-0.05, 0) is 35.6 Å². The number of aliphatic hydroxyl groups is 1. The highest BCUT2D eigenvalue weighted by Gasteiger charge is 2.31. The summed E-state index contributed by atoms with van der Waals surface area (Å²) in [6, 6.07) is 4.63. The standard InChI is InChI=1S/C13H10ClF3OS/c1-7-6-19-12(10(7)14)11(18)8-3-2-4-9(5-8)13(15,16)17/h2-6,11,18H,1H3. The molecule has 1 unspecified atom stereocenters. The van der Waals surface area contributed by atoms with Crippen LogP contribution < -0.4 is 0 Å². The molecule has 0 saturated heterocycles. The van der Waals surface area contributed by atoms with Gasteiger partial charge >= 0.3 is 6.18 Å². The van der Waals surface area contributed by atoms with Gasteiger partial charge in [0.2, 0.25) is 0 Å². The highest BCUT2D eigenvalue weighted by Crippen LogP contribution is 2.37. The molecule has 0 aliphatic rings. The molecule has 2 rings (SSSR count). The number of thiophene rings is 1. The fourth-order valence-electron chi connectivity index (χ4n) is 1.67. The van der Waals surface area contributed by atoms with Crippen LogP contribution in [0.5, 0.6) is 0 Å². The third-order valence-corrected chi connectivity index (χ3v) is 4.47. The van der Waals surface area contributed by atoms with Gasteiger partial charge in [0.05, 0.1) is 15.5 Å². The van der Waals surface area contributed by atoms with Gasteiger partial charge in [0.1, 0.15) is 6.10 Å². The summed E-state index contributed by atoms with van der Waals surface area (Å²) in [5, 5.41) is 12.3. The van der Waals surface area contributed by atoms with Crippen LogP contribution in [0.15, 0.2) is 29.6 Å². The molecule has 0 aliphatic heterocycles. The molecule has 19 heavy (non-hydrogen) atoms. The summed E-state index contributed by atoms with van der Waals surface area (Å²) in [5.74, 6) is 0. The Morgan fingerprint density at radius 1 is 1.32 bits per heavy atom. The Bertz CT molecular complexity index is 592. The van der Waals surface area contributed by atoms with Gasteiger partial charge in [-0.3, -0.25) is 0 Å². The molecule has 102 valence electrons. The van der Waals surface area contributed by atoms with Crippen LogP contribution in [0.1, 0.15) is 27.7 Å². The monoisotopic (exact) mass is 306 g/mol. The van der Waals surface area contributed by atoms with Gasteiger partial charge in [-0.15, -0.1) is 11.3 Å². The first-order chi connectivity index (χ1) is 8.80. The Kier molecular flexibility index (Phi) is 3.90. The number of hydrogen-bond acceptors (Lipinski definition) is 2. The molecule has 1 aromatic carbocycles. The predicted molar refractivity (Wildman–Crippen MR) is 69.6 cm³/mol. The molecule has 0 amide bonds. The van der Waals surface area contributed by atoms with Crippen molar-refractivity contribution in [2.45, 2.75) is 19.2 Å². The molecule has 2 aromatic rings. The van der Waals surface area contributed by atoms with Gasteiger partial charge in [-0.25, -0.2) is 0 Å². The van der Waals surface area contributed by atoms with Crippen LogP contribution in [0.25, 0.3) is 0 Å². The number of alkyl halides is 3. The minimum atomic E-state index is -4.43. The highest BCUT2D eigenvalue weighted by molar-refractivity contribution is 7.10. The van der Waals surface area contributed by atoms with E-state index in [0.29, 0.717) is 9.90 Å². The molecule has 0 radical (unpaired) electrons.